The molecule has 4 aliphatic rings. The highest BCUT2D eigenvalue weighted by Crippen LogP contribution is 2.44. The Kier molecular flexibility index (Phi) is 9.71. The van der Waals surface area contributed by atoms with Crippen LogP contribution in [-0.4, -0.2) is 78.9 Å². The molecule has 0 unspecified atom stereocenters. The highest BCUT2D eigenvalue weighted by molar-refractivity contribution is 7.91. The van der Waals surface area contributed by atoms with Crippen molar-refractivity contribution >= 4 is 32.2 Å². The lowest BCUT2D eigenvalue weighted by Crippen LogP contribution is -2.40. The molecule has 3 aromatic rings. The van der Waals surface area contributed by atoms with Crippen LogP contribution >= 0.6 is 0 Å². The van der Waals surface area contributed by atoms with Crippen molar-refractivity contribution in [1.29, 1.82) is 0 Å². The molecule has 2 saturated heterocycles. The molecule has 1 atom stereocenters. The Labute approximate surface area is 273 Å². The minimum atomic E-state index is -3.33. The van der Waals surface area contributed by atoms with Gasteiger partial charge in [0.05, 0.1) is 29.7 Å². The highest BCUT2D eigenvalue weighted by atomic mass is 32.2. The molecule has 2 aromatic heterocycles. The third kappa shape index (κ3) is 7.08. The van der Waals surface area contributed by atoms with Crippen molar-refractivity contribution in [1.82, 2.24) is 19.7 Å². The molecule has 0 aliphatic carbocycles. The summed E-state index contributed by atoms with van der Waals surface area (Å²) in [5.41, 5.74) is -0.997. The summed E-state index contributed by atoms with van der Waals surface area (Å²) in [4.78, 5) is 22.2. The minimum absolute atomic E-state index is 0.0290. The summed E-state index contributed by atoms with van der Waals surface area (Å²) in [5, 5.41) is 8.17. The number of nitrogens with zero attached hydrogens (tertiary/aromatic N) is 5. The van der Waals surface area contributed by atoms with Gasteiger partial charge in [0.25, 0.3) is 11.5 Å². The average molecular weight is 677 g/mol. The zero-order valence-electron chi connectivity index (χ0n) is 27.0. The third-order valence-electron chi connectivity index (χ3n) is 9.82. The van der Waals surface area contributed by atoms with E-state index < -0.39 is 44.7 Å². The van der Waals surface area contributed by atoms with E-state index in [2.05, 4.69) is 15.3 Å². The summed E-state index contributed by atoms with van der Waals surface area (Å²) in [6, 6.07) is 4.97. The number of aromatic nitrogens is 3. The Morgan fingerprint density at radius 1 is 1.00 bits per heavy atom. The maximum Gasteiger partial charge on any atom is 0.280 e. The molecule has 47 heavy (non-hydrogen) atoms. The second-order valence-electron chi connectivity index (χ2n) is 13.1. The minimum Gasteiger partial charge on any atom is -0.477 e. The van der Waals surface area contributed by atoms with Gasteiger partial charge >= 0.3 is 0 Å². The molecular weight excluding hydrogens is 633 g/mol. The zero-order chi connectivity index (χ0) is 33.3. The smallest absolute Gasteiger partial charge is 0.280 e. The van der Waals surface area contributed by atoms with Crippen molar-refractivity contribution in [2.45, 2.75) is 63.8 Å². The molecule has 10 nitrogen and oxygen atoms in total. The Morgan fingerprint density at radius 2 is 1.70 bits per heavy atom. The van der Waals surface area contributed by atoms with Crippen LogP contribution in [0, 0.1) is 11.7 Å². The molecular formula is C33H43F3N6O4S. The van der Waals surface area contributed by atoms with Crippen LogP contribution in [0.3, 0.4) is 0 Å². The van der Waals surface area contributed by atoms with Gasteiger partial charge in [-0.2, -0.15) is 10.1 Å². The molecule has 6 heterocycles. The van der Waals surface area contributed by atoms with Crippen LogP contribution in [0.4, 0.5) is 24.8 Å². The lowest BCUT2D eigenvalue weighted by Gasteiger charge is -2.36. The van der Waals surface area contributed by atoms with Crippen LogP contribution in [0.1, 0.15) is 69.0 Å². The third-order valence-corrected chi connectivity index (χ3v) is 11.4. The summed E-state index contributed by atoms with van der Waals surface area (Å²) in [6.07, 6.45) is 5.23. The van der Waals surface area contributed by atoms with Gasteiger partial charge in [-0.25, -0.2) is 26.3 Å². The largest absolute Gasteiger partial charge is 0.477 e. The number of ether oxygens (including phenoxy) is 1. The van der Waals surface area contributed by atoms with Gasteiger partial charge < -0.3 is 19.9 Å². The maximum absolute atomic E-state index is 16.1. The molecule has 0 amide bonds. The number of fused-ring (bicyclic) bond motifs is 10. The number of halogens is 3. The number of sulfone groups is 1. The fourth-order valence-corrected chi connectivity index (χ4v) is 8.13. The predicted molar refractivity (Wildman–Crippen MR) is 176 cm³/mol. The number of piperidine rings is 1. The van der Waals surface area contributed by atoms with Crippen molar-refractivity contribution in [3.8, 4) is 5.88 Å². The summed E-state index contributed by atoms with van der Waals surface area (Å²) in [6.45, 7) is 4.44. The standard InChI is InChI=1S/C33H43F3N6O4S/c1-22-24-9-8-10-26(29(24)34)33(35,36)23-11-14-41(15-12-23)13-6-4-3-5-7-18-46-31-28-25(30(37-22)39-40(2)32(28)43)21-27(38-31)42-16-19-47(44,45)20-17-42/h8-10,21-23H,3-7,11-20H2,1-2H3,(H,37,39)/t22-/m1/s1. The van der Waals surface area contributed by atoms with Crippen LogP contribution in [0.25, 0.3) is 10.8 Å². The number of rotatable bonds is 1. The number of hydrogen-bond donors (Lipinski definition) is 1. The van der Waals surface area contributed by atoms with Crippen molar-refractivity contribution in [2.75, 3.05) is 61.1 Å². The van der Waals surface area contributed by atoms with E-state index in [0.717, 1.165) is 43.3 Å². The number of anilines is 2. The Hall–Kier alpha value is -3.39. The predicted octanol–water partition coefficient (Wildman–Crippen LogP) is 5.02. The molecule has 2 fully saturated rings. The van der Waals surface area contributed by atoms with Crippen LogP contribution < -0.4 is 20.5 Å². The van der Waals surface area contributed by atoms with Crippen molar-refractivity contribution < 1.29 is 26.3 Å². The summed E-state index contributed by atoms with van der Waals surface area (Å²) in [5.74, 6) is -4.54. The van der Waals surface area contributed by atoms with Gasteiger partial charge in [-0.1, -0.05) is 37.5 Å². The van der Waals surface area contributed by atoms with E-state index in [4.69, 9.17) is 9.72 Å². The zero-order valence-corrected chi connectivity index (χ0v) is 27.8. The van der Waals surface area contributed by atoms with Gasteiger partial charge in [-0.3, -0.25) is 4.79 Å². The first-order chi connectivity index (χ1) is 22.4. The van der Waals surface area contributed by atoms with Crippen molar-refractivity contribution in [3.05, 3.63) is 51.6 Å². The average Bonchev–Trinajstić information content (AvgIpc) is 3.04. The molecule has 4 aliphatic heterocycles. The first-order valence-corrected chi connectivity index (χ1v) is 18.4. The van der Waals surface area contributed by atoms with Crippen LogP contribution in [-0.2, 0) is 22.8 Å². The molecule has 0 saturated carbocycles. The molecule has 1 N–H and O–H groups in total. The number of nitrogens with one attached hydrogen (secondary N) is 1. The van der Waals surface area contributed by atoms with E-state index >= 15 is 13.2 Å². The van der Waals surface area contributed by atoms with E-state index in [1.807, 2.05) is 4.90 Å². The normalized spacial score (nSPS) is 25.4. The molecule has 1 aromatic carbocycles. The molecule has 0 spiro atoms. The Morgan fingerprint density at radius 3 is 2.45 bits per heavy atom. The van der Waals surface area contributed by atoms with Gasteiger partial charge in [0.2, 0.25) is 5.88 Å². The van der Waals surface area contributed by atoms with Crippen LogP contribution in [0.15, 0.2) is 29.1 Å². The fraction of sp³-hybridized carbons (Fsp3) is 0.606. The lowest BCUT2D eigenvalue weighted by molar-refractivity contribution is -0.0880. The Balaban J connectivity index is 1.42. The van der Waals surface area contributed by atoms with Gasteiger partial charge in [-0.15, -0.1) is 0 Å². The fourth-order valence-electron chi connectivity index (χ4n) is 6.93. The highest BCUT2D eigenvalue weighted by Gasteiger charge is 2.45. The number of alkyl halides is 2. The number of aryl methyl sites for hydroxylation is 1. The van der Waals surface area contributed by atoms with Crippen LogP contribution in [0.5, 0.6) is 5.88 Å². The summed E-state index contributed by atoms with van der Waals surface area (Å²) in [7, 11) is -1.67. The summed E-state index contributed by atoms with van der Waals surface area (Å²) < 4.78 is 79.5. The molecule has 14 heteroatoms. The molecule has 0 radical (unpaired) electrons. The monoisotopic (exact) mass is 676 g/mol. The molecule has 8 bridgehead atoms. The maximum atomic E-state index is 16.1. The van der Waals surface area contributed by atoms with E-state index in [9.17, 15) is 13.2 Å². The second-order valence-corrected chi connectivity index (χ2v) is 15.4. The Bertz CT molecular complexity index is 1760. The lowest BCUT2D eigenvalue weighted by atomic mass is 9.85. The molecule has 7 rings (SSSR count). The number of benzene rings is 1. The van der Waals surface area contributed by atoms with E-state index in [1.54, 1.807) is 13.0 Å². The summed E-state index contributed by atoms with van der Waals surface area (Å²) >= 11 is 0. The quantitative estimate of drug-likeness (QED) is 0.380. The molecule has 256 valence electrons. The number of hydrogen-bond acceptors (Lipinski definition) is 9. The first kappa shape index (κ1) is 33.5. The number of pyridine rings is 1. The van der Waals surface area contributed by atoms with E-state index in [0.29, 0.717) is 43.7 Å². The van der Waals surface area contributed by atoms with Gasteiger partial charge in [0, 0.05) is 37.0 Å². The second kappa shape index (κ2) is 13.6. The van der Waals surface area contributed by atoms with Gasteiger partial charge in [0.15, 0.2) is 15.7 Å². The topological polar surface area (TPSA) is 110 Å². The van der Waals surface area contributed by atoms with E-state index in [1.165, 1.54) is 25.2 Å². The first-order valence-electron chi connectivity index (χ1n) is 16.6. The van der Waals surface area contributed by atoms with Gasteiger partial charge in [-0.05, 0) is 58.3 Å². The van der Waals surface area contributed by atoms with Crippen molar-refractivity contribution in [3.63, 3.8) is 0 Å². The SMILES string of the molecule is C[C@H]1Nc2nn(C)c(=O)c3c(nc(N4CCS(=O)(=O)CC4)cc23)OCCCCCCCN2CCC(CC2)C(F)(F)c2cccc1c2F. The van der Waals surface area contributed by atoms with Gasteiger partial charge in [0.1, 0.15) is 17.0 Å². The van der Waals surface area contributed by atoms with Crippen molar-refractivity contribution in [2.24, 2.45) is 13.0 Å². The van der Waals surface area contributed by atoms with E-state index in [-0.39, 0.29) is 47.2 Å². The van der Waals surface area contributed by atoms with Crippen LogP contribution in [0.2, 0.25) is 0 Å².